The average molecular weight is 253 g/mol. The molecule has 2 fully saturated rings. The quantitative estimate of drug-likeness (QED) is 0.760. The maximum absolute atomic E-state index is 12.2. The molecule has 1 unspecified atom stereocenters. The molecule has 1 heterocycles. The van der Waals surface area contributed by atoms with Gasteiger partial charge in [-0.1, -0.05) is 12.8 Å². The number of carbonyl (C=O) groups is 3. The lowest BCUT2D eigenvalue weighted by Gasteiger charge is -2.35. The van der Waals surface area contributed by atoms with E-state index >= 15 is 0 Å². The molecular formula is C13H19NO4. The van der Waals surface area contributed by atoms with Gasteiger partial charge in [-0.2, -0.15) is 0 Å². The van der Waals surface area contributed by atoms with Crippen LogP contribution in [-0.4, -0.2) is 40.3 Å². The highest BCUT2D eigenvalue weighted by atomic mass is 16.4. The van der Waals surface area contributed by atoms with E-state index in [0.717, 1.165) is 25.7 Å². The molecule has 0 aromatic carbocycles. The van der Waals surface area contributed by atoms with Crippen LogP contribution in [0.25, 0.3) is 0 Å². The van der Waals surface area contributed by atoms with Crippen LogP contribution in [-0.2, 0) is 9.59 Å². The van der Waals surface area contributed by atoms with Gasteiger partial charge in [0.25, 0.3) is 0 Å². The Morgan fingerprint density at radius 3 is 2.44 bits per heavy atom. The zero-order valence-corrected chi connectivity index (χ0v) is 10.6. The SMILES string of the molecule is C[C@H]1CC(=O)C(C(=O)C2CCCC2)CN1C(=O)O. The maximum Gasteiger partial charge on any atom is 0.407 e. The molecule has 0 spiro atoms. The average Bonchev–Trinajstić information content (AvgIpc) is 2.81. The van der Waals surface area contributed by atoms with Crippen molar-refractivity contribution in [2.24, 2.45) is 11.8 Å². The summed E-state index contributed by atoms with van der Waals surface area (Å²) >= 11 is 0. The van der Waals surface area contributed by atoms with Crippen LogP contribution in [0.15, 0.2) is 0 Å². The molecule has 18 heavy (non-hydrogen) atoms. The lowest BCUT2D eigenvalue weighted by molar-refractivity contribution is -0.138. The summed E-state index contributed by atoms with van der Waals surface area (Å²) in [5.41, 5.74) is 0. The fraction of sp³-hybridized carbons (Fsp3) is 0.769. The van der Waals surface area contributed by atoms with Gasteiger partial charge < -0.3 is 10.0 Å². The lowest BCUT2D eigenvalue weighted by atomic mass is 9.83. The number of hydrogen-bond donors (Lipinski definition) is 1. The van der Waals surface area contributed by atoms with Gasteiger partial charge in [-0.15, -0.1) is 0 Å². The summed E-state index contributed by atoms with van der Waals surface area (Å²) < 4.78 is 0. The largest absolute Gasteiger partial charge is 0.465 e. The summed E-state index contributed by atoms with van der Waals surface area (Å²) in [6.07, 6.45) is 2.90. The summed E-state index contributed by atoms with van der Waals surface area (Å²) in [7, 11) is 0. The first-order valence-corrected chi connectivity index (χ1v) is 6.56. The Hall–Kier alpha value is -1.39. The van der Waals surface area contributed by atoms with E-state index in [1.165, 1.54) is 4.90 Å². The molecule has 1 saturated carbocycles. The van der Waals surface area contributed by atoms with Gasteiger partial charge in [0.2, 0.25) is 0 Å². The Labute approximate surface area is 106 Å². The van der Waals surface area contributed by atoms with E-state index < -0.39 is 12.0 Å². The van der Waals surface area contributed by atoms with Gasteiger partial charge >= 0.3 is 6.09 Å². The first kappa shape index (κ1) is 13.1. The number of rotatable bonds is 2. The predicted molar refractivity (Wildman–Crippen MR) is 64.3 cm³/mol. The molecule has 2 rings (SSSR count). The van der Waals surface area contributed by atoms with E-state index in [0.29, 0.717) is 0 Å². The third-order valence-corrected chi connectivity index (χ3v) is 4.14. The second kappa shape index (κ2) is 5.08. The lowest BCUT2D eigenvalue weighted by Crippen LogP contribution is -2.51. The molecule has 0 radical (unpaired) electrons. The summed E-state index contributed by atoms with van der Waals surface area (Å²) in [6.45, 7) is 1.76. The van der Waals surface area contributed by atoms with Crippen molar-refractivity contribution in [3.05, 3.63) is 0 Å². The van der Waals surface area contributed by atoms with Crippen LogP contribution in [0.3, 0.4) is 0 Å². The Bertz CT molecular complexity index is 373. The minimum atomic E-state index is -1.04. The maximum atomic E-state index is 12.2. The first-order valence-electron chi connectivity index (χ1n) is 6.56. The van der Waals surface area contributed by atoms with Crippen molar-refractivity contribution in [1.29, 1.82) is 0 Å². The number of ketones is 2. The van der Waals surface area contributed by atoms with Crippen LogP contribution in [0.1, 0.15) is 39.0 Å². The Kier molecular flexibility index (Phi) is 3.68. The van der Waals surface area contributed by atoms with Crippen molar-refractivity contribution in [1.82, 2.24) is 4.90 Å². The molecule has 1 amide bonds. The van der Waals surface area contributed by atoms with Crippen LogP contribution >= 0.6 is 0 Å². The number of Topliss-reactive ketones (excluding diaryl/α,β-unsaturated/α-hetero) is 2. The molecule has 2 aliphatic rings. The second-order valence-corrected chi connectivity index (χ2v) is 5.39. The summed E-state index contributed by atoms with van der Waals surface area (Å²) in [4.78, 5) is 36.5. The number of piperidine rings is 1. The summed E-state index contributed by atoms with van der Waals surface area (Å²) in [6, 6.07) is -0.317. The van der Waals surface area contributed by atoms with Gasteiger partial charge in [0.15, 0.2) is 0 Å². The van der Waals surface area contributed by atoms with E-state index in [4.69, 9.17) is 5.11 Å². The van der Waals surface area contributed by atoms with Crippen molar-refractivity contribution < 1.29 is 19.5 Å². The third-order valence-electron chi connectivity index (χ3n) is 4.14. The predicted octanol–water partition coefficient (Wildman–Crippen LogP) is 1.70. The molecule has 1 aliphatic heterocycles. The number of carbonyl (C=O) groups excluding carboxylic acids is 2. The van der Waals surface area contributed by atoms with Gasteiger partial charge in [-0.3, -0.25) is 9.59 Å². The van der Waals surface area contributed by atoms with Gasteiger partial charge in [-0.25, -0.2) is 4.79 Å². The molecule has 2 atom stereocenters. The fourth-order valence-electron chi connectivity index (χ4n) is 3.03. The van der Waals surface area contributed by atoms with Crippen molar-refractivity contribution >= 4 is 17.7 Å². The minimum absolute atomic E-state index is 0.0250. The van der Waals surface area contributed by atoms with Crippen molar-refractivity contribution in [2.75, 3.05) is 6.54 Å². The number of likely N-dealkylation sites (tertiary alicyclic amines) is 1. The van der Waals surface area contributed by atoms with E-state index in [1.807, 2.05) is 0 Å². The van der Waals surface area contributed by atoms with Gasteiger partial charge in [0.1, 0.15) is 11.6 Å². The van der Waals surface area contributed by atoms with Crippen LogP contribution in [0.5, 0.6) is 0 Å². The van der Waals surface area contributed by atoms with E-state index in [2.05, 4.69) is 0 Å². The molecule has 100 valence electrons. The highest BCUT2D eigenvalue weighted by Crippen LogP contribution is 2.30. The number of hydrogen-bond acceptors (Lipinski definition) is 3. The van der Waals surface area contributed by atoms with Crippen molar-refractivity contribution in [2.45, 2.75) is 45.1 Å². The Morgan fingerprint density at radius 1 is 1.28 bits per heavy atom. The molecule has 1 N–H and O–H groups in total. The Balaban J connectivity index is 2.09. The number of nitrogens with zero attached hydrogens (tertiary/aromatic N) is 1. The van der Waals surface area contributed by atoms with Crippen LogP contribution in [0.4, 0.5) is 4.79 Å². The van der Waals surface area contributed by atoms with E-state index in [1.54, 1.807) is 6.92 Å². The fourth-order valence-corrected chi connectivity index (χ4v) is 3.03. The van der Waals surface area contributed by atoms with Gasteiger partial charge in [0.05, 0.1) is 5.92 Å². The van der Waals surface area contributed by atoms with Gasteiger partial charge in [-0.05, 0) is 19.8 Å². The monoisotopic (exact) mass is 253 g/mol. The van der Waals surface area contributed by atoms with E-state index in [9.17, 15) is 14.4 Å². The molecule has 5 heteroatoms. The van der Waals surface area contributed by atoms with Crippen LogP contribution < -0.4 is 0 Å². The minimum Gasteiger partial charge on any atom is -0.465 e. The molecule has 0 aromatic rings. The normalized spacial score (nSPS) is 29.6. The van der Waals surface area contributed by atoms with Gasteiger partial charge in [0, 0.05) is 24.9 Å². The highest BCUT2D eigenvalue weighted by Gasteiger charge is 2.41. The molecule has 1 aliphatic carbocycles. The number of carboxylic acid groups (broad SMARTS) is 1. The molecule has 0 bridgehead atoms. The standard InChI is InChI=1S/C13H19NO4/c1-8-6-11(15)10(7-14(8)13(17)18)12(16)9-4-2-3-5-9/h8-10H,2-7H2,1H3,(H,17,18)/t8-,10?/m0/s1. The third kappa shape index (κ3) is 2.40. The molecule has 0 aromatic heterocycles. The zero-order valence-electron chi connectivity index (χ0n) is 10.6. The first-order chi connectivity index (χ1) is 8.50. The molecule has 1 saturated heterocycles. The summed E-state index contributed by atoms with van der Waals surface area (Å²) in [5, 5.41) is 9.06. The topological polar surface area (TPSA) is 74.7 Å². The summed E-state index contributed by atoms with van der Waals surface area (Å²) in [5.74, 6) is -0.865. The van der Waals surface area contributed by atoms with Crippen molar-refractivity contribution in [3.63, 3.8) is 0 Å². The Morgan fingerprint density at radius 2 is 1.89 bits per heavy atom. The number of amides is 1. The molecule has 5 nitrogen and oxygen atoms in total. The van der Waals surface area contributed by atoms with Crippen LogP contribution in [0, 0.1) is 11.8 Å². The molecular weight excluding hydrogens is 234 g/mol. The second-order valence-electron chi connectivity index (χ2n) is 5.39. The van der Waals surface area contributed by atoms with Crippen molar-refractivity contribution in [3.8, 4) is 0 Å². The zero-order chi connectivity index (χ0) is 13.3. The smallest absolute Gasteiger partial charge is 0.407 e. The van der Waals surface area contributed by atoms with E-state index in [-0.39, 0.29) is 36.5 Å². The highest BCUT2D eigenvalue weighted by molar-refractivity contribution is 6.04. The van der Waals surface area contributed by atoms with Crippen LogP contribution in [0.2, 0.25) is 0 Å².